The van der Waals surface area contributed by atoms with E-state index in [0.29, 0.717) is 17.2 Å². The van der Waals surface area contributed by atoms with Crippen molar-refractivity contribution in [3.05, 3.63) is 129 Å². The summed E-state index contributed by atoms with van der Waals surface area (Å²) in [6.07, 6.45) is 12.6. The maximum Gasteiger partial charge on any atom is 0.311 e. The minimum Gasteiger partial charge on any atom is -0.264 e. The third-order valence-electron chi connectivity index (χ3n) is 7.52. The Balaban J connectivity index is 0.000000231. The van der Waals surface area contributed by atoms with Crippen LogP contribution in [0.4, 0.5) is 5.69 Å². The van der Waals surface area contributed by atoms with Gasteiger partial charge in [-0.3, -0.25) is 20.1 Å². The zero-order chi connectivity index (χ0) is 26.9. The molecule has 0 spiro atoms. The molecule has 7 rings (SSSR count). The average Bonchev–Trinajstić information content (AvgIpc) is 2.96. The van der Waals surface area contributed by atoms with Gasteiger partial charge in [0.2, 0.25) is 0 Å². The number of pyridine rings is 2. The smallest absolute Gasteiger partial charge is 0.264 e. The number of nitrogens with zero attached hydrogens (tertiary/aromatic N) is 5. The highest BCUT2D eigenvalue weighted by Gasteiger charge is 2.32. The van der Waals surface area contributed by atoms with E-state index in [4.69, 9.17) is 0 Å². The van der Waals surface area contributed by atoms with Gasteiger partial charge in [0.15, 0.2) is 0 Å². The fourth-order valence-corrected chi connectivity index (χ4v) is 5.76. The van der Waals surface area contributed by atoms with Gasteiger partial charge >= 0.3 is 5.69 Å². The molecule has 3 heterocycles. The van der Waals surface area contributed by atoms with E-state index in [9.17, 15) is 10.1 Å². The van der Waals surface area contributed by atoms with Crippen molar-refractivity contribution < 1.29 is 4.92 Å². The Morgan fingerprint density at radius 2 is 1.72 bits per heavy atom. The molecule has 2 aliphatic rings. The number of fused-ring (bicyclic) bond motifs is 5. The highest BCUT2D eigenvalue weighted by Crippen LogP contribution is 2.46. The van der Waals surface area contributed by atoms with E-state index in [1.165, 1.54) is 33.0 Å². The molecule has 2 aromatic carbocycles. The normalized spacial score (nSPS) is 15.9. The molecular formula is C32H27N5O2. The molecule has 0 saturated carbocycles. The fraction of sp³-hybridized carbons (Fsp3) is 0.188. The zero-order valence-corrected chi connectivity index (χ0v) is 21.8. The summed E-state index contributed by atoms with van der Waals surface area (Å²) >= 11 is 0. The number of aromatic nitrogens is 4. The SMILES string of the molecule is Cc1nc(C2Cc3c(ccc4ccccc34)C3=C2CCC=C3)nc(C)c1[N+](=O)[O-].c1cnc2ccncc2c1. The molecule has 0 fully saturated rings. The van der Waals surface area contributed by atoms with Crippen LogP contribution in [0, 0.1) is 24.0 Å². The van der Waals surface area contributed by atoms with Crippen LogP contribution in [0.1, 0.15) is 47.1 Å². The van der Waals surface area contributed by atoms with Gasteiger partial charge in [0, 0.05) is 29.9 Å². The molecule has 7 heteroatoms. The van der Waals surface area contributed by atoms with E-state index in [2.05, 4.69) is 68.5 Å². The molecule has 39 heavy (non-hydrogen) atoms. The average molecular weight is 514 g/mol. The standard InChI is InChI=1S/C24H21N3O2.C8H6N2/c1-14-23(27(28)29)15(2)26-24(25-14)22-13-21-17-8-4-3-7-16(17)11-12-20(21)18-9-5-6-10-19(18)22;1-2-7-6-9-5-3-8(7)10-4-1/h3-5,7-9,11-12,22H,6,10,13H2,1-2H3;1-6H. The van der Waals surface area contributed by atoms with Gasteiger partial charge in [-0.1, -0.05) is 54.1 Å². The second-order valence-corrected chi connectivity index (χ2v) is 9.88. The number of allylic oxidation sites excluding steroid dienone is 4. The first-order chi connectivity index (χ1) is 19.0. The summed E-state index contributed by atoms with van der Waals surface area (Å²) in [5.74, 6) is 0.749. The quantitative estimate of drug-likeness (QED) is 0.183. The Hall–Kier alpha value is -4.78. The lowest BCUT2D eigenvalue weighted by atomic mass is 9.73. The van der Waals surface area contributed by atoms with Gasteiger partial charge in [-0.2, -0.15) is 0 Å². The lowest BCUT2D eigenvalue weighted by Gasteiger charge is -2.31. The monoisotopic (exact) mass is 513 g/mol. The second-order valence-electron chi connectivity index (χ2n) is 9.88. The molecule has 2 aliphatic carbocycles. The molecule has 1 unspecified atom stereocenters. The van der Waals surface area contributed by atoms with Crippen LogP contribution in [0.5, 0.6) is 0 Å². The first-order valence-corrected chi connectivity index (χ1v) is 13.1. The summed E-state index contributed by atoms with van der Waals surface area (Å²) in [6.45, 7) is 3.41. The molecule has 0 bridgehead atoms. The first kappa shape index (κ1) is 24.6. The number of nitro groups is 1. The molecule has 5 aromatic rings. The predicted molar refractivity (Wildman–Crippen MR) is 153 cm³/mol. The molecular weight excluding hydrogens is 486 g/mol. The Labute approximate surface area is 226 Å². The molecule has 7 nitrogen and oxygen atoms in total. The van der Waals surface area contributed by atoms with Gasteiger partial charge < -0.3 is 0 Å². The van der Waals surface area contributed by atoms with Crippen molar-refractivity contribution in [2.75, 3.05) is 0 Å². The summed E-state index contributed by atoms with van der Waals surface area (Å²) in [4.78, 5) is 28.3. The highest BCUT2D eigenvalue weighted by molar-refractivity contribution is 5.94. The van der Waals surface area contributed by atoms with E-state index in [0.717, 1.165) is 30.2 Å². The van der Waals surface area contributed by atoms with Crippen molar-refractivity contribution in [3.8, 4) is 0 Å². The van der Waals surface area contributed by atoms with Gasteiger partial charge in [0.1, 0.15) is 17.2 Å². The maximum atomic E-state index is 11.4. The highest BCUT2D eigenvalue weighted by atomic mass is 16.6. The lowest BCUT2D eigenvalue weighted by molar-refractivity contribution is -0.386. The van der Waals surface area contributed by atoms with Crippen LogP contribution in [0.25, 0.3) is 27.2 Å². The van der Waals surface area contributed by atoms with Gasteiger partial charge in [-0.15, -0.1) is 0 Å². The Morgan fingerprint density at radius 3 is 2.51 bits per heavy atom. The minimum absolute atomic E-state index is 0.0214. The fourth-order valence-electron chi connectivity index (χ4n) is 5.76. The van der Waals surface area contributed by atoms with E-state index < -0.39 is 0 Å². The van der Waals surface area contributed by atoms with Crippen LogP contribution in [0.3, 0.4) is 0 Å². The Bertz CT molecular complexity index is 1720. The zero-order valence-electron chi connectivity index (χ0n) is 21.8. The number of benzene rings is 2. The van der Waals surface area contributed by atoms with E-state index in [-0.39, 0.29) is 16.5 Å². The van der Waals surface area contributed by atoms with E-state index in [1.807, 2.05) is 24.4 Å². The van der Waals surface area contributed by atoms with Gasteiger partial charge in [-0.05, 0) is 78.8 Å². The summed E-state index contributed by atoms with van der Waals surface area (Å²) < 4.78 is 0. The number of hydrogen-bond donors (Lipinski definition) is 0. The van der Waals surface area contributed by atoms with Gasteiger partial charge in [-0.25, -0.2) is 9.97 Å². The molecule has 0 radical (unpaired) electrons. The maximum absolute atomic E-state index is 11.4. The largest absolute Gasteiger partial charge is 0.311 e. The van der Waals surface area contributed by atoms with Crippen LogP contribution in [0.15, 0.2) is 90.9 Å². The number of hydrogen-bond acceptors (Lipinski definition) is 6. The van der Waals surface area contributed by atoms with Crippen molar-refractivity contribution in [2.24, 2.45) is 0 Å². The van der Waals surface area contributed by atoms with Gasteiger partial charge in [0.05, 0.1) is 10.4 Å². The molecule has 0 aliphatic heterocycles. The minimum atomic E-state index is -0.383. The van der Waals surface area contributed by atoms with Crippen molar-refractivity contribution >= 4 is 32.9 Å². The van der Waals surface area contributed by atoms with Crippen LogP contribution in [-0.2, 0) is 6.42 Å². The van der Waals surface area contributed by atoms with Crippen LogP contribution in [-0.4, -0.2) is 24.9 Å². The van der Waals surface area contributed by atoms with Crippen LogP contribution >= 0.6 is 0 Å². The third kappa shape index (κ3) is 4.56. The molecule has 0 N–H and O–H groups in total. The van der Waals surface area contributed by atoms with Crippen LogP contribution < -0.4 is 0 Å². The molecule has 3 aromatic heterocycles. The third-order valence-corrected chi connectivity index (χ3v) is 7.52. The summed E-state index contributed by atoms with van der Waals surface area (Å²) in [6, 6.07) is 18.7. The number of rotatable bonds is 2. The van der Waals surface area contributed by atoms with Crippen molar-refractivity contribution in [2.45, 2.75) is 39.0 Å². The summed E-state index contributed by atoms with van der Waals surface area (Å²) in [7, 11) is 0. The van der Waals surface area contributed by atoms with E-state index >= 15 is 0 Å². The lowest BCUT2D eigenvalue weighted by Crippen LogP contribution is -2.20. The molecule has 192 valence electrons. The Morgan fingerprint density at radius 1 is 0.923 bits per heavy atom. The second kappa shape index (κ2) is 10.2. The molecule has 0 saturated heterocycles. The molecule has 0 amide bonds. The van der Waals surface area contributed by atoms with Crippen molar-refractivity contribution in [1.29, 1.82) is 0 Å². The Kier molecular flexibility index (Phi) is 6.40. The van der Waals surface area contributed by atoms with E-state index in [1.54, 1.807) is 26.2 Å². The summed E-state index contributed by atoms with van der Waals surface area (Å²) in [5, 5.41) is 15.0. The summed E-state index contributed by atoms with van der Waals surface area (Å²) in [5.41, 5.74) is 7.13. The van der Waals surface area contributed by atoms with Crippen molar-refractivity contribution in [3.63, 3.8) is 0 Å². The number of aryl methyl sites for hydroxylation is 2. The molecule has 1 atom stereocenters. The van der Waals surface area contributed by atoms with Gasteiger partial charge in [0.25, 0.3) is 0 Å². The van der Waals surface area contributed by atoms with Crippen molar-refractivity contribution in [1.82, 2.24) is 19.9 Å². The first-order valence-electron chi connectivity index (χ1n) is 13.1. The predicted octanol–water partition coefficient (Wildman–Crippen LogP) is 7.23. The topological polar surface area (TPSA) is 94.7 Å². The van der Waals surface area contributed by atoms with Crippen LogP contribution in [0.2, 0.25) is 0 Å².